The Labute approximate surface area is 187 Å². The Balaban J connectivity index is 1.44. The van der Waals surface area contributed by atoms with Crippen molar-refractivity contribution in [1.29, 1.82) is 0 Å². The molecule has 0 radical (unpaired) electrons. The van der Waals surface area contributed by atoms with Gasteiger partial charge in [0.05, 0.1) is 18.8 Å². The molecule has 2 heterocycles. The molecule has 32 heavy (non-hydrogen) atoms. The molecule has 2 N–H and O–H groups in total. The smallest absolute Gasteiger partial charge is 0.319 e. The summed E-state index contributed by atoms with van der Waals surface area (Å²) >= 11 is 0. The molecule has 0 aliphatic carbocycles. The lowest BCUT2D eigenvalue weighted by Gasteiger charge is -2.12. The maximum absolute atomic E-state index is 12.4. The van der Waals surface area contributed by atoms with E-state index < -0.39 is 0 Å². The number of ether oxygens (including phenoxy) is 1. The highest BCUT2D eigenvalue weighted by Crippen LogP contribution is 2.23. The molecule has 7 heteroatoms. The number of aromatic nitrogens is 3. The fraction of sp³-hybridized carbons (Fsp3) is 0.240. The minimum atomic E-state index is -0.281. The number of pyridine rings is 1. The second kappa shape index (κ2) is 9.96. The van der Waals surface area contributed by atoms with Crippen molar-refractivity contribution in [2.45, 2.75) is 26.8 Å². The third-order valence-electron chi connectivity index (χ3n) is 5.11. The summed E-state index contributed by atoms with van der Waals surface area (Å²) in [4.78, 5) is 21.7. The second-order valence-corrected chi connectivity index (χ2v) is 7.51. The molecule has 2 aromatic heterocycles. The van der Waals surface area contributed by atoms with Gasteiger partial charge in [-0.3, -0.25) is 0 Å². The number of carbonyl (C=O) groups excluding carboxylic acids is 1. The van der Waals surface area contributed by atoms with Crippen LogP contribution in [-0.2, 0) is 13.0 Å². The molecule has 0 atom stereocenters. The molecule has 0 aliphatic heterocycles. The van der Waals surface area contributed by atoms with Crippen molar-refractivity contribution in [3.8, 4) is 5.75 Å². The van der Waals surface area contributed by atoms with Gasteiger partial charge in [0, 0.05) is 19.2 Å². The lowest BCUT2D eigenvalue weighted by Crippen LogP contribution is -2.31. The van der Waals surface area contributed by atoms with E-state index in [2.05, 4.69) is 51.4 Å². The largest absolute Gasteiger partial charge is 0.492 e. The number of hydrogen-bond acceptors (Lipinski definition) is 4. The Kier molecular flexibility index (Phi) is 6.65. The first-order valence-corrected chi connectivity index (χ1v) is 10.8. The predicted molar refractivity (Wildman–Crippen MR) is 126 cm³/mol. The molecule has 0 aliphatic rings. The fourth-order valence-electron chi connectivity index (χ4n) is 3.54. The Morgan fingerprint density at radius 2 is 1.88 bits per heavy atom. The van der Waals surface area contributed by atoms with Crippen LogP contribution in [0.5, 0.6) is 5.75 Å². The molecule has 7 nitrogen and oxygen atoms in total. The number of fused-ring (bicyclic) bond motifs is 1. The standard InChI is InChI=1S/C25H27N5O2/c1-3-32-22-9-5-4-7-20(22)29-25(31)27-16-14-23-28-21-8-6-15-26-24(21)30(23)17-19-12-10-18(2)11-13-19/h4-13,15H,3,14,16-17H2,1-2H3,(H2,27,29,31). The van der Waals surface area contributed by atoms with Crippen molar-refractivity contribution < 1.29 is 9.53 Å². The van der Waals surface area contributed by atoms with E-state index in [0.29, 0.717) is 37.6 Å². The Morgan fingerprint density at radius 1 is 1.06 bits per heavy atom. The zero-order valence-electron chi connectivity index (χ0n) is 18.3. The van der Waals surface area contributed by atoms with Gasteiger partial charge < -0.3 is 19.9 Å². The van der Waals surface area contributed by atoms with Gasteiger partial charge >= 0.3 is 6.03 Å². The van der Waals surface area contributed by atoms with Crippen LogP contribution >= 0.6 is 0 Å². The highest BCUT2D eigenvalue weighted by molar-refractivity contribution is 5.90. The van der Waals surface area contributed by atoms with Crippen molar-refractivity contribution in [3.05, 3.63) is 83.8 Å². The molecule has 4 rings (SSSR count). The van der Waals surface area contributed by atoms with Crippen molar-refractivity contribution in [2.75, 3.05) is 18.5 Å². The van der Waals surface area contributed by atoms with Crippen molar-refractivity contribution in [2.24, 2.45) is 0 Å². The number of benzene rings is 2. The Morgan fingerprint density at radius 3 is 2.69 bits per heavy atom. The Hall–Kier alpha value is -3.87. The number of para-hydroxylation sites is 2. The van der Waals surface area contributed by atoms with E-state index in [1.54, 1.807) is 6.20 Å². The summed E-state index contributed by atoms with van der Waals surface area (Å²) in [6.07, 6.45) is 2.36. The number of nitrogens with zero attached hydrogens (tertiary/aromatic N) is 3. The number of imidazole rings is 1. The highest BCUT2D eigenvalue weighted by atomic mass is 16.5. The van der Waals surface area contributed by atoms with E-state index >= 15 is 0 Å². The van der Waals surface area contributed by atoms with Crippen LogP contribution in [0.4, 0.5) is 10.5 Å². The number of nitrogens with one attached hydrogen (secondary N) is 2. The summed E-state index contributed by atoms with van der Waals surface area (Å²) in [5.41, 5.74) is 4.74. The Bertz CT molecular complexity index is 1200. The summed E-state index contributed by atoms with van der Waals surface area (Å²) in [5, 5.41) is 5.77. The number of aryl methyl sites for hydroxylation is 1. The van der Waals surface area contributed by atoms with E-state index in [4.69, 9.17) is 9.72 Å². The maximum Gasteiger partial charge on any atom is 0.319 e. The van der Waals surface area contributed by atoms with Crippen molar-refractivity contribution >= 4 is 22.9 Å². The molecule has 0 spiro atoms. The third kappa shape index (κ3) is 5.06. The van der Waals surface area contributed by atoms with Gasteiger partial charge in [0.2, 0.25) is 0 Å². The fourth-order valence-corrected chi connectivity index (χ4v) is 3.54. The first-order valence-electron chi connectivity index (χ1n) is 10.8. The third-order valence-corrected chi connectivity index (χ3v) is 5.11. The van der Waals surface area contributed by atoms with Crippen LogP contribution in [0.3, 0.4) is 0 Å². The number of anilines is 1. The first kappa shape index (κ1) is 21.4. The average Bonchev–Trinajstić information content (AvgIpc) is 3.14. The minimum absolute atomic E-state index is 0.281. The predicted octanol–water partition coefficient (Wildman–Crippen LogP) is 4.55. The summed E-state index contributed by atoms with van der Waals surface area (Å²) in [6, 6.07) is 19.4. The average molecular weight is 430 g/mol. The summed E-state index contributed by atoms with van der Waals surface area (Å²) in [7, 11) is 0. The molecule has 0 saturated heterocycles. The molecule has 4 aromatic rings. The van der Waals surface area contributed by atoms with E-state index in [1.165, 1.54) is 11.1 Å². The quantitative estimate of drug-likeness (QED) is 0.431. The van der Waals surface area contributed by atoms with Gasteiger partial charge in [-0.25, -0.2) is 14.8 Å². The normalized spacial score (nSPS) is 10.8. The van der Waals surface area contributed by atoms with Crippen LogP contribution < -0.4 is 15.4 Å². The van der Waals surface area contributed by atoms with Crippen LogP contribution in [0.15, 0.2) is 66.9 Å². The SMILES string of the molecule is CCOc1ccccc1NC(=O)NCCc1nc2cccnc2n1Cc1ccc(C)cc1. The molecule has 0 saturated carbocycles. The van der Waals surface area contributed by atoms with Crippen molar-refractivity contribution in [3.63, 3.8) is 0 Å². The van der Waals surface area contributed by atoms with E-state index in [1.807, 2.05) is 43.3 Å². The van der Waals surface area contributed by atoms with Gasteiger partial charge in [-0.15, -0.1) is 0 Å². The number of rotatable bonds is 8. The van der Waals surface area contributed by atoms with Gasteiger partial charge in [0.1, 0.15) is 17.1 Å². The minimum Gasteiger partial charge on any atom is -0.492 e. The monoisotopic (exact) mass is 429 g/mol. The van der Waals surface area contributed by atoms with Gasteiger partial charge in [0.15, 0.2) is 5.65 Å². The van der Waals surface area contributed by atoms with Gasteiger partial charge in [-0.1, -0.05) is 42.0 Å². The number of hydrogen-bond donors (Lipinski definition) is 2. The number of urea groups is 1. The van der Waals surface area contributed by atoms with Crippen LogP contribution in [0, 0.1) is 6.92 Å². The lowest BCUT2D eigenvalue weighted by atomic mass is 10.1. The zero-order valence-corrected chi connectivity index (χ0v) is 18.3. The molecule has 164 valence electrons. The van der Waals surface area contributed by atoms with E-state index in [9.17, 15) is 4.79 Å². The molecule has 0 bridgehead atoms. The van der Waals surface area contributed by atoms with E-state index in [0.717, 1.165) is 17.0 Å². The van der Waals surface area contributed by atoms with Crippen LogP contribution in [0.25, 0.3) is 11.2 Å². The number of carbonyl (C=O) groups is 1. The molecule has 2 amide bonds. The maximum atomic E-state index is 12.4. The molecular formula is C25H27N5O2. The topological polar surface area (TPSA) is 81.1 Å². The molecule has 0 fully saturated rings. The van der Waals surface area contributed by atoms with Crippen LogP contribution in [0.2, 0.25) is 0 Å². The molecule has 2 aromatic carbocycles. The first-order chi connectivity index (χ1) is 15.6. The van der Waals surface area contributed by atoms with Crippen molar-refractivity contribution in [1.82, 2.24) is 19.9 Å². The molecule has 0 unspecified atom stereocenters. The van der Waals surface area contributed by atoms with Gasteiger partial charge in [0.25, 0.3) is 0 Å². The number of amides is 2. The molecular weight excluding hydrogens is 402 g/mol. The summed E-state index contributed by atoms with van der Waals surface area (Å²) in [6.45, 7) is 5.64. The highest BCUT2D eigenvalue weighted by Gasteiger charge is 2.13. The van der Waals surface area contributed by atoms with Gasteiger partial charge in [-0.05, 0) is 43.7 Å². The summed E-state index contributed by atoms with van der Waals surface area (Å²) < 4.78 is 7.68. The zero-order chi connectivity index (χ0) is 22.3. The summed E-state index contributed by atoms with van der Waals surface area (Å²) in [5.74, 6) is 1.53. The van der Waals surface area contributed by atoms with Crippen LogP contribution in [-0.4, -0.2) is 33.7 Å². The van der Waals surface area contributed by atoms with Gasteiger partial charge in [-0.2, -0.15) is 0 Å². The van der Waals surface area contributed by atoms with E-state index in [-0.39, 0.29) is 6.03 Å². The van der Waals surface area contributed by atoms with Crippen LogP contribution in [0.1, 0.15) is 23.9 Å². The second-order valence-electron chi connectivity index (χ2n) is 7.51. The lowest BCUT2D eigenvalue weighted by molar-refractivity contribution is 0.252.